The van der Waals surface area contributed by atoms with E-state index in [9.17, 15) is 0 Å². The maximum atomic E-state index is 5.39. The van der Waals surface area contributed by atoms with E-state index >= 15 is 0 Å². The topological polar surface area (TPSA) is 0 Å². The molecule has 8 heavy (non-hydrogen) atoms. The Morgan fingerprint density at radius 1 is 1.62 bits per heavy atom. The maximum Gasteiger partial charge on any atom is 0.101 e. The van der Waals surface area contributed by atoms with Gasteiger partial charge < -0.3 is 0 Å². The number of alkyl halides is 3. The molecule has 0 rings (SSSR count). The van der Waals surface area contributed by atoms with Gasteiger partial charge in [-0.25, -0.2) is 0 Å². The van der Waals surface area contributed by atoms with Gasteiger partial charge in [-0.2, -0.15) is 0 Å². The van der Waals surface area contributed by atoms with Crippen molar-refractivity contribution in [3.05, 3.63) is 10.6 Å². The number of rotatable bonds is 2. The first-order valence-corrected chi connectivity index (χ1v) is 5.04. The number of hydrogen-bond donors (Lipinski definition) is 0. The van der Waals surface area contributed by atoms with Crippen LogP contribution in [0.25, 0.3) is 0 Å². The highest BCUT2D eigenvalue weighted by molar-refractivity contribution is 9.25. The van der Waals surface area contributed by atoms with Crippen molar-refractivity contribution in [1.82, 2.24) is 0 Å². The first kappa shape index (κ1) is 9.47. The number of hydrogen-bond acceptors (Lipinski definition) is 0. The summed E-state index contributed by atoms with van der Waals surface area (Å²) < 4.78 is 1.21. The van der Waals surface area contributed by atoms with E-state index in [2.05, 4.69) is 47.8 Å². The van der Waals surface area contributed by atoms with Crippen molar-refractivity contribution in [3.63, 3.8) is 0 Å². The lowest BCUT2D eigenvalue weighted by Gasteiger charge is -1.95. The standard InChI is InChI=1S/C4H4Br3Cl/c5-3(1-2-8)4(6)7/h1,4H,2H2. The molecule has 0 nitrogen and oxygen atoms in total. The zero-order valence-electron chi connectivity index (χ0n) is 3.87. The van der Waals surface area contributed by atoms with Gasteiger partial charge in [0.1, 0.15) is 3.74 Å². The van der Waals surface area contributed by atoms with Gasteiger partial charge in [0.25, 0.3) is 0 Å². The van der Waals surface area contributed by atoms with E-state index in [1.807, 2.05) is 6.08 Å². The van der Waals surface area contributed by atoms with Gasteiger partial charge in [0.05, 0.1) is 0 Å². The fraction of sp³-hybridized carbons (Fsp3) is 0.500. The second kappa shape index (κ2) is 5.27. The smallest absolute Gasteiger partial charge is 0.101 e. The van der Waals surface area contributed by atoms with Crippen LogP contribution in [0.3, 0.4) is 0 Å². The van der Waals surface area contributed by atoms with E-state index in [4.69, 9.17) is 11.6 Å². The van der Waals surface area contributed by atoms with Crippen LogP contribution in [0.15, 0.2) is 10.6 Å². The van der Waals surface area contributed by atoms with Gasteiger partial charge in [-0.1, -0.05) is 53.9 Å². The second-order valence-electron chi connectivity index (χ2n) is 1.04. The Balaban J connectivity index is 3.61. The highest BCUT2D eigenvalue weighted by Gasteiger charge is 1.98. The van der Waals surface area contributed by atoms with Crippen LogP contribution >= 0.6 is 59.4 Å². The average molecular weight is 327 g/mol. The normalized spacial score (nSPS) is 12.9. The Hall–Kier alpha value is 1.47. The Bertz CT molecular complexity index is 89.3. The molecule has 0 aliphatic carbocycles. The molecule has 4 heteroatoms. The number of allylic oxidation sites excluding steroid dienone is 2. The van der Waals surface area contributed by atoms with Gasteiger partial charge in [0.15, 0.2) is 0 Å². The summed E-state index contributed by atoms with van der Waals surface area (Å²) in [6.07, 6.45) is 1.87. The van der Waals surface area contributed by atoms with E-state index in [0.717, 1.165) is 4.48 Å². The summed E-state index contributed by atoms with van der Waals surface area (Å²) >= 11 is 15.2. The molecule has 0 atom stereocenters. The van der Waals surface area contributed by atoms with Crippen LogP contribution in [0.4, 0.5) is 0 Å². The van der Waals surface area contributed by atoms with Crippen molar-refractivity contribution in [1.29, 1.82) is 0 Å². The summed E-state index contributed by atoms with van der Waals surface area (Å²) in [6, 6.07) is 0. The van der Waals surface area contributed by atoms with E-state index in [-0.39, 0.29) is 3.74 Å². The quantitative estimate of drug-likeness (QED) is 0.680. The SMILES string of the molecule is ClCC=C(Br)C(Br)Br. The summed E-state index contributed by atoms with van der Waals surface area (Å²) in [6.45, 7) is 0. The van der Waals surface area contributed by atoms with Crippen molar-refractivity contribution in [3.8, 4) is 0 Å². The highest BCUT2D eigenvalue weighted by atomic mass is 79.9. The molecule has 0 spiro atoms. The number of halogens is 4. The van der Waals surface area contributed by atoms with Crippen LogP contribution in [0.2, 0.25) is 0 Å². The van der Waals surface area contributed by atoms with Crippen molar-refractivity contribution in [2.24, 2.45) is 0 Å². The molecule has 0 saturated heterocycles. The zero-order valence-corrected chi connectivity index (χ0v) is 9.39. The van der Waals surface area contributed by atoms with Crippen molar-refractivity contribution < 1.29 is 0 Å². The third kappa shape index (κ3) is 4.36. The molecule has 0 radical (unpaired) electrons. The molecule has 0 aliphatic rings. The fourth-order valence-electron chi connectivity index (χ4n) is 0.163. The third-order valence-electron chi connectivity index (χ3n) is 0.481. The molecule has 0 amide bonds. The van der Waals surface area contributed by atoms with E-state index in [1.165, 1.54) is 0 Å². The lowest BCUT2D eigenvalue weighted by Crippen LogP contribution is -1.82. The Morgan fingerprint density at radius 3 is 2.25 bits per heavy atom. The van der Waals surface area contributed by atoms with Gasteiger partial charge in [-0.05, 0) is 0 Å². The fourth-order valence-corrected chi connectivity index (χ4v) is 1.05. The third-order valence-corrected chi connectivity index (χ3v) is 3.63. The van der Waals surface area contributed by atoms with Crippen LogP contribution in [-0.4, -0.2) is 9.62 Å². The van der Waals surface area contributed by atoms with Crippen LogP contribution < -0.4 is 0 Å². The molecule has 0 aromatic rings. The molecule has 0 aliphatic heterocycles. The van der Waals surface area contributed by atoms with Crippen LogP contribution in [0.5, 0.6) is 0 Å². The van der Waals surface area contributed by atoms with E-state index in [0.29, 0.717) is 5.88 Å². The largest absolute Gasteiger partial charge is 0.122 e. The highest BCUT2D eigenvalue weighted by Crippen LogP contribution is 2.23. The van der Waals surface area contributed by atoms with Crippen LogP contribution in [-0.2, 0) is 0 Å². The van der Waals surface area contributed by atoms with Crippen molar-refractivity contribution >= 4 is 59.4 Å². The minimum Gasteiger partial charge on any atom is -0.122 e. The lowest BCUT2D eigenvalue weighted by atomic mass is 10.6. The van der Waals surface area contributed by atoms with E-state index < -0.39 is 0 Å². The monoisotopic (exact) mass is 324 g/mol. The first-order chi connectivity index (χ1) is 3.68. The first-order valence-electron chi connectivity index (χ1n) is 1.88. The molecule has 0 aromatic heterocycles. The summed E-state index contributed by atoms with van der Waals surface area (Å²) in [5.41, 5.74) is 0. The molecule has 48 valence electrons. The van der Waals surface area contributed by atoms with Gasteiger partial charge in [-0.3, -0.25) is 0 Å². The van der Waals surface area contributed by atoms with Gasteiger partial charge in [0.2, 0.25) is 0 Å². The van der Waals surface area contributed by atoms with Gasteiger partial charge in [-0.15, -0.1) is 11.6 Å². The second-order valence-corrected chi connectivity index (χ2v) is 5.33. The summed E-state index contributed by atoms with van der Waals surface area (Å²) in [4.78, 5) is 0. The van der Waals surface area contributed by atoms with Crippen LogP contribution in [0, 0.1) is 0 Å². The molecule has 0 bridgehead atoms. The molecule has 0 heterocycles. The molecular formula is C4H4Br3Cl. The Morgan fingerprint density at radius 2 is 2.12 bits per heavy atom. The molecule has 0 saturated carbocycles. The van der Waals surface area contributed by atoms with Crippen molar-refractivity contribution in [2.45, 2.75) is 3.74 Å². The minimum absolute atomic E-state index is 0.189. The Kier molecular flexibility index (Phi) is 6.24. The molecule has 0 aromatic carbocycles. The van der Waals surface area contributed by atoms with Gasteiger partial charge >= 0.3 is 0 Å². The minimum atomic E-state index is 0.189. The molecule has 0 fully saturated rings. The van der Waals surface area contributed by atoms with E-state index in [1.54, 1.807) is 0 Å². The summed E-state index contributed by atoms with van der Waals surface area (Å²) in [5.74, 6) is 0.536. The lowest BCUT2D eigenvalue weighted by molar-refractivity contribution is 1.60. The van der Waals surface area contributed by atoms with Gasteiger partial charge in [0, 0.05) is 10.4 Å². The van der Waals surface area contributed by atoms with Crippen molar-refractivity contribution in [2.75, 3.05) is 5.88 Å². The Labute approximate surface area is 79.1 Å². The maximum absolute atomic E-state index is 5.39. The molecule has 0 N–H and O–H groups in total. The zero-order chi connectivity index (χ0) is 6.57. The molecular weight excluding hydrogens is 323 g/mol. The predicted molar refractivity (Wildman–Crippen MR) is 49.4 cm³/mol. The van der Waals surface area contributed by atoms with Crippen LogP contribution in [0.1, 0.15) is 0 Å². The molecule has 0 unspecified atom stereocenters. The average Bonchev–Trinajstić information content (AvgIpc) is 1.67. The summed E-state index contributed by atoms with van der Waals surface area (Å²) in [7, 11) is 0. The predicted octanol–water partition coefficient (Wildman–Crippen LogP) is 3.62. The summed E-state index contributed by atoms with van der Waals surface area (Å²) in [5, 5.41) is 0.